The fourth-order valence-electron chi connectivity index (χ4n) is 1.09. The number of aryl methyl sites for hydroxylation is 1. The second-order valence-corrected chi connectivity index (χ2v) is 5.33. The highest BCUT2D eigenvalue weighted by Crippen LogP contribution is 2.34. The molecule has 68 valence electrons. The SMILES string of the molecule is Cn1nc(Br)c(C(C)(C)C)c1Br. The van der Waals surface area contributed by atoms with Crippen molar-refractivity contribution in [2.75, 3.05) is 0 Å². The van der Waals surface area contributed by atoms with Gasteiger partial charge in [-0.25, -0.2) is 0 Å². The molecule has 1 aromatic rings. The van der Waals surface area contributed by atoms with Gasteiger partial charge in [0.2, 0.25) is 0 Å². The number of rotatable bonds is 0. The topological polar surface area (TPSA) is 17.8 Å². The van der Waals surface area contributed by atoms with E-state index in [0.717, 1.165) is 9.21 Å². The standard InChI is InChI=1S/C8H12Br2N2/c1-8(2,3)5-6(9)11-12(4)7(5)10/h1-4H3. The number of hydrogen-bond acceptors (Lipinski definition) is 1. The minimum atomic E-state index is 0.117. The van der Waals surface area contributed by atoms with Gasteiger partial charge in [0.15, 0.2) is 0 Å². The quantitative estimate of drug-likeness (QED) is 0.718. The summed E-state index contributed by atoms with van der Waals surface area (Å²) in [4.78, 5) is 0. The largest absolute Gasteiger partial charge is 0.260 e. The lowest BCUT2D eigenvalue weighted by molar-refractivity contribution is 0.582. The second-order valence-electron chi connectivity index (χ2n) is 3.83. The van der Waals surface area contributed by atoms with Crippen molar-refractivity contribution in [1.82, 2.24) is 9.78 Å². The van der Waals surface area contributed by atoms with E-state index in [1.807, 2.05) is 11.7 Å². The van der Waals surface area contributed by atoms with E-state index in [4.69, 9.17) is 0 Å². The predicted octanol–water partition coefficient (Wildman–Crippen LogP) is 3.24. The van der Waals surface area contributed by atoms with Gasteiger partial charge >= 0.3 is 0 Å². The van der Waals surface area contributed by atoms with Gasteiger partial charge in [0, 0.05) is 12.6 Å². The fourth-order valence-corrected chi connectivity index (χ4v) is 3.24. The Kier molecular flexibility index (Phi) is 2.69. The van der Waals surface area contributed by atoms with Crippen LogP contribution in [0.4, 0.5) is 0 Å². The Morgan fingerprint density at radius 2 is 1.75 bits per heavy atom. The van der Waals surface area contributed by atoms with Crippen molar-refractivity contribution in [3.05, 3.63) is 14.8 Å². The first kappa shape index (κ1) is 10.3. The first-order chi connectivity index (χ1) is 5.34. The molecule has 0 aromatic carbocycles. The molecule has 0 amide bonds. The summed E-state index contributed by atoms with van der Waals surface area (Å²) in [5.41, 5.74) is 1.33. The Labute approximate surface area is 89.6 Å². The molecule has 0 unspecified atom stereocenters. The van der Waals surface area contributed by atoms with Crippen molar-refractivity contribution >= 4 is 31.9 Å². The van der Waals surface area contributed by atoms with E-state index in [9.17, 15) is 0 Å². The summed E-state index contributed by atoms with van der Waals surface area (Å²) in [5.74, 6) is 0. The molecular weight excluding hydrogens is 284 g/mol. The Hall–Kier alpha value is 0.170. The van der Waals surface area contributed by atoms with E-state index in [1.54, 1.807) is 0 Å². The molecule has 0 saturated heterocycles. The van der Waals surface area contributed by atoms with E-state index >= 15 is 0 Å². The van der Waals surface area contributed by atoms with Gasteiger partial charge < -0.3 is 0 Å². The zero-order chi connectivity index (χ0) is 9.52. The van der Waals surface area contributed by atoms with Crippen LogP contribution in [0.3, 0.4) is 0 Å². The van der Waals surface area contributed by atoms with Gasteiger partial charge in [-0.3, -0.25) is 4.68 Å². The van der Waals surface area contributed by atoms with E-state index in [0.29, 0.717) is 0 Å². The van der Waals surface area contributed by atoms with Crippen LogP contribution < -0.4 is 0 Å². The average Bonchev–Trinajstić information content (AvgIpc) is 2.05. The molecule has 0 aliphatic heterocycles. The maximum absolute atomic E-state index is 4.26. The van der Waals surface area contributed by atoms with Gasteiger partial charge in [-0.1, -0.05) is 20.8 Å². The Morgan fingerprint density at radius 1 is 1.25 bits per heavy atom. The van der Waals surface area contributed by atoms with E-state index in [1.165, 1.54) is 5.56 Å². The predicted molar refractivity (Wildman–Crippen MR) is 57.3 cm³/mol. The minimum absolute atomic E-state index is 0.117. The van der Waals surface area contributed by atoms with Gasteiger partial charge in [-0.2, -0.15) is 5.10 Å². The minimum Gasteiger partial charge on any atom is -0.260 e. The monoisotopic (exact) mass is 294 g/mol. The zero-order valence-corrected chi connectivity index (χ0v) is 10.8. The molecule has 1 aromatic heterocycles. The molecule has 0 aliphatic rings. The van der Waals surface area contributed by atoms with Crippen LogP contribution in [0.1, 0.15) is 26.3 Å². The molecule has 0 radical (unpaired) electrons. The maximum Gasteiger partial charge on any atom is 0.133 e. The molecule has 0 bridgehead atoms. The smallest absolute Gasteiger partial charge is 0.133 e. The van der Waals surface area contributed by atoms with E-state index in [-0.39, 0.29) is 5.41 Å². The van der Waals surface area contributed by atoms with Crippen LogP contribution >= 0.6 is 31.9 Å². The van der Waals surface area contributed by atoms with Gasteiger partial charge in [0.25, 0.3) is 0 Å². The lowest BCUT2D eigenvalue weighted by atomic mass is 9.90. The number of hydrogen-bond donors (Lipinski definition) is 0. The van der Waals surface area contributed by atoms with Crippen LogP contribution in [0.5, 0.6) is 0 Å². The third-order valence-electron chi connectivity index (χ3n) is 1.68. The van der Waals surface area contributed by atoms with Crippen LogP contribution in [-0.2, 0) is 12.5 Å². The van der Waals surface area contributed by atoms with Crippen molar-refractivity contribution in [2.24, 2.45) is 7.05 Å². The van der Waals surface area contributed by atoms with E-state index < -0.39 is 0 Å². The van der Waals surface area contributed by atoms with Gasteiger partial charge in [-0.05, 0) is 37.3 Å². The first-order valence-electron chi connectivity index (χ1n) is 3.72. The van der Waals surface area contributed by atoms with Gasteiger partial charge in [-0.15, -0.1) is 0 Å². The summed E-state index contributed by atoms with van der Waals surface area (Å²) >= 11 is 6.95. The third-order valence-corrected chi connectivity index (χ3v) is 3.15. The number of nitrogens with zero attached hydrogens (tertiary/aromatic N) is 2. The highest BCUT2D eigenvalue weighted by molar-refractivity contribution is 9.11. The molecule has 4 heteroatoms. The molecule has 0 aliphatic carbocycles. The summed E-state index contributed by atoms with van der Waals surface area (Å²) in [6.07, 6.45) is 0. The molecule has 12 heavy (non-hydrogen) atoms. The lowest BCUT2D eigenvalue weighted by Gasteiger charge is -2.17. The first-order valence-corrected chi connectivity index (χ1v) is 5.31. The van der Waals surface area contributed by atoms with E-state index in [2.05, 4.69) is 57.7 Å². The highest BCUT2D eigenvalue weighted by atomic mass is 79.9. The van der Waals surface area contributed by atoms with Crippen LogP contribution in [0.25, 0.3) is 0 Å². The third kappa shape index (κ3) is 1.74. The molecule has 1 heterocycles. The number of aromatic nitrogens is 2. The molecule has 2 nitrogen and oxygen atoms in total. The Morgan fingerprint density at radius 3 is 1.92 bits per heavy atom. The lowest BCUT2D eigenvalue weighted by Crippen LogP contribution is -2.11. The van der Waals surface area contributed by atoms with Crippen molar-refractivity contribution in [3.8, 4) is 0 Å². The normalized spacial score (nSPS) is 12.2. The van der Waals surface area contributed by atoms with Gasteiger partial charge in [0.05, 0.1) is 0 Å². The molecule has 0 fully saturated rings. The van der Waals surface area contributed by atoms with Crippen LogP contribution in [0.15, 0.2) is 9.21 Å². The Balaban J connectivity index is 3.32. The molecule has 1 rings (SSSR count). The summed E-state index contributed by atoms with van der Waals surface area (Å²) in [7, 11) is 1.92. The Bertz CT molecular complexity index is 297. The molecular formula is C8H12Br2N2. The average molecular weight is 296 g/mol. The zero-order valence-electron chi connectivity index (χ0n) is 7.65. The molecule has 0 saturated carbocycles. The molecule has 0 atom stereocenters. The van der Waals surface area contributed by atoms with Crippen LogP contribution in [0.2, 0.25) is 0 Å². The fraction of sp³-hybridized carbons (Fsp3) is 0.625. The summed E-state index contributed by atoms with van der Waals surface area (Å²) in [5, 5.41) is 4.26. The van der Waals surface area contributed by atoms with Crippen LogP contribution in [-0.4, -0.2) is 9.78 Å². The summed E-state index contributed by atoms with van der Waals surface area (Å²) in [6.45, 7) is 6.50. The summed E-state index contributed by atoms with van der Waals surface area (Å²) < 4.78 is 3.79. The number of halogens is 2. The van der Waals surface area contributed by atoms with Crippen molar-refractivity contribution in [2.45, 2.75) is 26.2 Å². The summed E-state index contributed by atoms with van der Waals surface area (Å²) in [6, 6.07) is 0. The van der Waals surface area contributed by atoms with Crippen LogP contribution in [0, 0.1) is 0 Å². The van der Waals surface area contributed by atoms with Crippen molar-refractivity contribution < 1.29 is 0 Å². The highest BCUT2D eigenvalue weighted by Gasteiger charge is 2.24. The van der Waals surface area contributed by atoms with Crippen molar-refractivity contribution in [3.63, 3.8) is 0 Å². The molecule has 0 spiro atoms. The van der Waals surface area contributed by atoms with Crippen molar-refractivity contribution in [1.29, 1.82) is 0 Å². The van der Waals surface area contributed by atoms with Gasteiger partial charge in [0.1, 0.15) is 9.21 Å². The second kappa shape index (κ2) is 3.14. The maximum atomic E-state index is 4.26. The molecule has 0 N–H and O–H groups in total.